The molecule has 0 heterocycles. The molecule has 10 nitrogen and oxygen atoms in total. The van der Waals surface area contributed by atoms with Crippen molar-refractivity contribution >= 4 is 33.2 Å². The van der Waals surface area contributed by atoms with Crippen molar-refractivity contribution in [1.29, 1.82) is 0 Å². The maximum Gasteiger partial charge on any atom is 0.269 e. The quantitative estimate of drug-likeness (QED) is 0.256. The largest absolute Gasteiger partial charge is 0.352 e. The normalized spacial score (nSPS) is 12.7. The van der Waals surface area contributed by atoms with Crippen LogP contribution in [-0.2, 0) is 26.2 Å². The predicted octanol–water partition coefficient (Wildman–Crippen LogP) is 4.26. The second kappa shape index (κ2) is 13.2. The number of halogens is 1. The molecule has 212 valence electrons. The molecular weight excluding hydrogens is 539 g/mol. The van der Waals surface area contributed by atoms with Crippen LogP contribution in [0.2, 0.25) is 0 Å². The summed E-state index contributed by atoms with van der Waals surface area (Å²) in [6, 6.07) is 16.5. The average Bonchev–Trinajstić information content (AvgIpc) is 2.95. The number of sulfonamides is 1. The summed E-state index contributed by atoms with van der Waals surface area (Å²) in [5.74, 6) is -1.60. The molecule has 3 rings (SSSR count). The highest BCUT2D eigenvalue weighted by atomic mass is 32.2. The minimum absolute atomic E-state index is 0.0289. The topological polar surface area (TPSA) is 130 Å². The van der Waals surface area contributed by atoms with Gasteiger partial charge in [-0.3, -0.25) is 24.0 Å². The van der Waals surface area contributed by atoms with Gasteiger partial charge in [0, 0.05) is 24.7 Å². The number of nitrogens with one attached hydrogen (secondary N) is 1. The Labute approximate surface area is 232 Å². The molecule has 0 fully saturated rings. The zero-order valence-electron chi connectivity index (χ0n) is 22.4. The molecule has 0 saturated carbocycles. The van der Waals surface area contributed by atoms with Gasteiger partial charge in [0.05, 0.1) is 15.5 Å². The van der Waals surface area contributed by atoms with Gasteiger partial charge in [-0.2, -0.15) is 0 Å². The maximum absolute atomic E-state index is 13.8. The lowest BCUT2D eigenvalue weighted by Crippen LogP contribution is -2.52. The van der Waals surface area contributed by atoms with Crippen LogP contribution in [0.4, 0.5) is 15.8 Å². The van der Waals surface area contributed by atoms with Crippen molar-refractivity contribution in [3.63, 3.8) is 0 Å². The van der Waals surface area contributed by atoms with Crippen LogP contribution in [0.5, 0.6) is 0 Å². The van der Waals surface area contributed by atoms with Gasteiger partial charge < -0.3 is 10.2 Å². The van der Waals surface area contributed by atoms with E-state index >= 15 is 0 Å². The highest BCUT2D eigenvalue weighted by Crippen LogP contribution is 2.26. The summed E-state index contributed by atoms with van der Waals surface area (Å²) in [5, 5.41) is 14.0. The first-order valence-electron chi connectivity index (χ1n) is 12.6. The van der Waals surface area contributed by atoms with Gasteiger partial charge in [-0.1, -0.05) is 37.3 Å². The molecule has 0 saturated heterocycles. The average molecular weight is 571 g/mol. The lowest BCUT2D eigenvalue weighted by molar-refractivity contribution is -0.384. The van der Waals surface area contributed by atoms with E-state index in [0.29, 0.717) is 12.0 Å². The predicted molar refractivity (Wildman–Crippen MR) is 148 cm³/mol. The summed E-state index contributed by atoms with van der Waals surface area (Å²) in [7, 11) is -4.30. The monoisotopic (exact) mass is 570 g/mol. The van der Waals surface area contributed by atoms with E-state index in [1.165, 1.54) is 72.5 Å². The van der Waals surface area contributed by atoms with E-state index in [4.69, 9.17) is 0 Å². The number of hydrogen-bond donors (Lipinski definition) is 1. The van der Waals surface area contributed by atoms with Crippen LogP contribution in [0.25, 0.3) is 0 Å². The zero-order valence-corrected chi connectivity index (χ0v) is 23.2. The molecule has 2 amide bonds. The second-order valence-corrected chi connectivity index (χ2v) is 11.1. The summed E-state index contributed by atoms with van der Waals surface area (Å²) >= 11 is 0. The van der Waals surface area contributed by atoms with Gasteiger partial charge in [-0.05, 0) is 62.2 Å². The third-order valence-corrected chi connectivity index (χ3v) is 8.18. The van der Waals surface area contributed by atoms with E-state index in [0.717, 1.165) is 16.4 Å². The van der Waals surface area contributed by atoms with Gasteiger partial charge in [0.25, 0.3) is 15.7 Å². The summed E-state index contributed by atoms with van der Waals surface area (Å²) in [4.78, 5) is 38.5. The van der Waals surface area contributed by atoms with Crippen LogP contribution in [0.15, 0.2) is 83.8 Å². The van der Waals surface area contributed by atoms with Gasteiger partial charge in [-0.25, -0.2) is 12.8 Å². The summed E-state index contributed by atoms with van der Waals surface area (Å²) in [5.41, 5.74) is 0.312. The fourth-order valence-electron chi connectivity index (χ4n) is 3.82. The molecule has 40 heavy (non-hydrogen) atoms. The Kier molecular flexibility index (Phi) is 9.94. The van der Waals surface area contributed by atoms with E-state index in [1.807, 2.05) is 13.8 Å². The number of hydrogen-bond acceptors (Lipinski definition) is 6. The number of benzene rings is 3. The van der Waals surface area contributed by atoms with Crippen LogP contribution < -0.4 is 9.62 Å². The van der Waals surface area contributed by atoms with Gasteiger partial charge in [-0.15, -0.1) is 0 Å². The Hall–Kier alpha value is -4.32. The standard InChI is InChI=1S/C28H31FN4O6S/c1-4-20(2)30-28(35)21(3)31(18-22-10-12-23(29)13-11-22)27(34)19-32(24-14-16-25(17-15-24)33(36)37)40(38,39)26-8-6-5-7-9-26/h5-17,20-21H,4,18-19H2,1-3H3,(H,30,35)/t20-,21-/m1/s1. The van der Waals surface area contributed by atoms with E-state index in [2.05, 4.69) is 5.32 Å². The van der Waals surface area contributed by atoms with Crippen LogP contribution >= 0.6 is 0 Å². The Morgan fingerprint density at radius 3 is 2.12 bits per heavy atom. The van der Waals surface area contributed by atoms with E-state index in [1.54, 1.807) is 6.07 Å². The van der Waals surface area contributed by atoms with Crippen molar-refractivity contribution in [3.8, 4) is 0 Å². The molecular formula is C28H31FN4O6S. The number of carbonyl (C=O) groups excluding carboxylic acids is 2. The molecule has 0 spiro atoms. The molecule has 0 aliphatic rings. The number of amides is 2. The fraction of sp³-hybridized carbons (Fsp3) is 0.286. The molecule has 3 aromatic carbocycles. The third kappa shape index (κ3) is 7.41. The number of carbonyl (C=O) groups is 2. The smallest absolute Gasteiger partial charge is 0.269 e. The lowest BCUT2D eigenvalue weighted by atomic mass is 10.1. The van der Waals surface area contributed by atoms with Gasteiger partial charge >= 0.3 is 0 Å². The fourth-order valence-corrected chi connectivity index (χ4v) is 5.26. The zero-order chi connectivity index (χ0) is 29.4. The first kappa shape index (κ1) is 30.2. The summed E-state index contributed by atoms with van der Waals surface area (Å²) < 4.78 is 41.8. The van der Waals surface area contributed by atoms with Gasteiger partial charge in [0.2, 0.25) is 11.8 Å². The highest BCUT2D eigenvalue weighted by Gasteiger charge is 2.33. The number of nitro groups is 1. The van der Waals surface area contributed by atoms with Gasteiger partial charge in [0.1, 0.15) is 18.4 Å². The number of non-ortho nitro benzene ring substituents is 1. The van der Waals surface area contributed by atoms with Crippen LogP contribution in [0, 0.1) is 15.9 Å². The Bertz CT molecular complexity index is 1430. The van der Waals surface area contributed by atoms with Crippen molar-refractivity contribution < 1.29 is 27.3 Å². The number of nitro benzene ring substituents is 1. The molecule has 0 bridgehead atoms. The Morgan fingerprint density at radius 2 is 1.57 bits per heavy atom. The number of nitrogens with zero attached hydrogens (tertiary/aromatic N) is 3. The van der Waals surface area contributed by atoms with Crippen molar-refractivity contribution in [3.05, 3.63) is 100 Å². The molecule has 0 radical (unpaired) electrons. The Balaban J connectivity index is 2.02. The molecule has 0 aromatic heterocycles. The molecule has 2 atom stereocenters. The van der Waals surface area contributed by atoms with Crippen molar-refractivity contribution in [2.45, 2.75) is 50.7 Å². The highest BCUT2D eigenvalue weighted by molar-refractivity contribution is 7.92. The molecule has 12 heteroatoms. The maximum atomic E-state index is 13.8. The molecule has 0 aliphatic heterocycles. The summed E-state index contributed by atoms with van der Waals surface area (Å²) in [6.45, 7) is 4.46. The minimum atomic E-state index is -4.30. The van der Waals surface area contributed by atoms with E-state index in [9.17, 15) is 32.5 Å². The van der Waals surface area contributed by atoms with Crippen molar-refractivity contribution in [2.75, 3.05) is 10.8 Å². The Morgan fingerprint density at radius 1 is 0.975 bits per heavy atom. The van der Waals surface area contributed by atoms with Gasteiger partial charge in [0.15, 0.2) is 0 Å². The second-order valence-electron chi connectivity index (χ2n) is 9.24. The molecule has 3 aromatic rings. The molecule has 0 unspecified atom stereocenters. The SMILES string of the molecule is CC[C@@H](C)NC(=O)[C@@H](C)N(Cc1ccc(F)cc1)C(=O)CN(c1ccc([N+](=O)[O-])cc1)S(=O)(=O)c1ccccc1. The van der Waals surface area contributed by atoms with Crippen molar-refractivity contribution in [2.24, 2.45) is 0 Å². The lowest BCUT2D eigenvalue weighted by Gasteiger charge is -2.32. The third-order valence-electron chi connectivity index (χ3n) is 6.39. The van der Waals surface area contributed by atoms with Crippen LogP contribution in [-0.4, -0.2) is 48.7 Å². The molecule has 1 N–H and O–H groups in total. The molecule has 0 aliphatic carbocycles. The summed E-state index contributed by atoms with van der Waals surface area (Å²) in [6.07, 6.45) is 0.660. The first-order valence-corrected chi connectivity index (χ1v) is 14.0. The van der Waals surface area contributed by atoms with Crippen LogP contribution in [0.3, 0.4) is 0 Å². The van der Waals surface area contributed by atoms with Crippen LogP contribution in [0.1, 0.15) is 32.8 Å². The minimum Gasteiger partial charge on any atom is -0.352 e. The number of anilines is 1. The first-order chi connectivity index (χ1) is 18.9. The van der Waals surface area contributed by atoms with E-state index in [-0.39, 0.29) is 28.9 Å². The van der Waals surface area contributed by atoms with E-state index < -0.39 is 45.2 Å². The number of rotatable bonds is 12. The van der Waals surface area contributed by atoms with Crippen molar-refractivity contribution in [1.82, 2.24) is 10.2 Å².